The minimum atomic E-state index is -0.241. The summed E-state index contributed by atoms with van der Waals surface area (Å²) in [6, 6.07) is 0. The van der Waals surface area contributed by atoms with Gasteiger partial charge in [-0.15, -0.1) is 0 Å². The number of ether oxygens (including phenoxy) is 1. The minimum absolute atomic E-state index is 0.0893. The Bertz CT molecular complexity index is 265. The van der Waals surface area contributed by atoms with Gasteiger partial charge in [0.2, 0.25) is 0 Å². The smallest absolute Gasteiger partial charge is 0.312 e. The summed E-state index contributed by atoms with van der Waals surface area (Å²) in [7, 11) is 0. The average molecular weight is 313 g/mol. The highest BCUT2D eigenvalue weighted by molar-refractivity contribution is 5.77. The Morgan fingerprint density at radius 2 is 1.36 bits per heavy atom. The fraction of sp³-hybridized carbons (Fsp3) is 0.950. The molecule has 0 aliphatic heterocycles. The quantitative estimate of drug-likeness (QED) is 0.269. The van der Waals surface area contributed by atoms with Crippen molar-refractivity contribution in [3.05, 3.63) is 0 Å². The third-order valence-corrected chi connectivity index (χ3v) is 5.02. The summed E-state index contributed by atoms with van der Waals surface area (Å²) in [4.78, 5) is 12.9. The van der Waals surface area contributed by atoms with E-state index in [0.29, 0.717) is 12.5 Å². The number of carbonyl (C=O) groups excluding carboxylic acids is 1. The van der Waals surface area contributed by atoms with Gasteiger partial charge in [-0.3, -0.25) is 4.79 Å². The standard InChI is InChI=1S/C20H40O2/c1-6-10-14-18(5)20(15-11-7-2,16-12-8-3)19(21)22-17-13-9-4/h18H,6-17H2,1-5H3. The number of unbranched alkanes of at least 4 members (excludes halogenated alkanes) is 4. The molecule has 2 nitrogen and oxygen atoms in total. The summed E-state index contributed by atoms with van der Waals surface area (Å²) < 4.78 is 5.70. The first-order valence-corrected chi connectivity index (χ1v) is 9.76. The van der Waals surface area contributed by atoms with Crippen LogP contribution >= 0.6 is 0 Å². The number of hydrogen-bond acceptors (Lipinski definition) is 2. The molecule has 0 aromatic carbocycles. The Morgan fingerprint density at radius 1 is 0.864 bits per heavy atom. The van der Waals surface area contributed by atoms with Gasteiger partial charge in [0.15, 0.2) is 0 Å². The Balaban J connectivity index is 5.09. The lowest BCUT2D eigenvalue weighted by atomic mass is 9.67. The lowest BCUT2D eigenvalue weighted by Gasteiger charge is -2.37. The van der Waals surface area contributed by atoms with E-state index in [2.05, 4.69) is 34.6 Å². The van der Waals surface area contributed by atoms with E-state index in [1.54, 1.807) is 0 Å². The molecule has 0 aromatic rings. The molecule has 0 rings (SSSR count). The predicted octanol–water partition coefficient (Wildman–Crippen LogP) is 6.52. The molecule has 0 saturated carbocycles. The van der Waals surface area contributed by atoms with E-state index in [0.717, 1.165) is 57.8 Å². The summed E-state index contributed by atoms with van der Waals surface area (Å²) in [5, 5.41) is 0. The maximum atomic E-state index is 12.9. The van der Waals surface area contributed by atoms with Gasteiger partial charge < -0.3 is 4.74 Å². The molecule has 1 unspecified atom stereocenters. The molecule has 0 N–H and O–H groups in total. The van der Waals surface area contributed by atoms with Crippen molar-refractivity contribution >= 4 is 5.97 Å². The second kappa shape index (κ2) is 13.0. The normalized spacial score (nSPS) is 13.1. The molecule has 2 heteroatoms. The second-order valence-corrected chi connectivity index (χ2v) is 6.90. The van der Waals surface area contributed by atoms with Crippen molar-refractivity contribution in [3.63, 3.8) is 0 Å². The van der Waals surface area contributed by atoms with Gasteiger partial charge in [0.25, 0.3) is 0 Å². The first-order valence-electron chi connectivity index (χ1n) is 9.76. The van der Waals surface area contributed by atoms with E-state index in [-0.39, 0.29) is 11.4 Å². The highest BCUT2D eigenvalue weighted by Gasteiger charge is 2.43. The second-order valence-electron chi connectivity index (χ2n) is 6.90. The van der Waals surface area contributed by atoms with Gasteiger partial charge in [0.05, 0.1) is 12.0 Å². The van der Waals surface area contributed by atoms with Crippen LogP contribution in [0.1, 0.15) is 105 Å². The molecule has 22 heavy (non-hydrogen) atoms. The molecule has 0 aromatic heterocycles. The molecule has 0 spiro atoms. The van der Waals surface area contributed by atoms with E-state index < -0.39 is 0 Å². The Morgan fingerprint density at radius 3 is 1.82 bits per heavy atom. The number of carbonyl (C=O) groups is 1. The van der Waals surface area contributed by atoms with Crippen LogP contribution in [0.25, 0.3) is 0 Å². The molecule has 0 amide bonds. The van der Waals surface area contributed by atoms with Crippen LogP contribution in [-0.4, -0.2) is 12.6 Å². The minimum Gasteiger partial charge on any atom is -0.465 e. The van der Waals surface area contributed by atoms with Crippen molar-refractivity contribution in [2.24, 2.45) is 11.3 Å². The van der Waals surface area contributed by atoms with Gasteiger partial charge in [-0.1, -0.05) is 79.6 Å². The topological polar surface area (TPSA) is 26.3 Å². The fourth-order valence-corrected chi connectivity index (χ4v) is 3.25. The summed E-state index contributed by atoms with van der Waals surface area (Å²) in [6.45, 7) is 11.7. The third-order valence-electron chi connectivity index (χ3n) is 5.02. The van der Waals surface area contributed by atoms with Gasteiger partial charge in [-0.25, -0.2) is 0 Å². The molecule has 132 valence electrons. The van der Waals surface area contributed by atoms with Crippen LogP contribution in [0.5, 0.6) is 0 Å². The zero-order chi connectivity index (χ0) is 16.8. The van der Waals surface area contributed by atoms with Crippen LogP contribution in [0.3, 0.4) is 0 Å². The Kier molecular flexibility index (Phi) is 12.6. The van der Waals surface area contributed by atoms with Crippen LogP contribution in [-0.2, 0) is 9.53 Å². The first-order chi connectivity index (χ1) is 10.6. The molecule has 1 atom stereocenters. The van der Waals surface area contributed by atoms with Gasteiger partial charge >= 0.3 is 5.97 Å². The number of hydrogen-bond donors (Lipinski definition) is 0. The van der Waals surface area contributed by atoms with Gasteiger partial charge in [-0.2, -0.15) is 0 Å². The predicted molar refractivity (Wildman–Crippen MR) is 96.0 cm³/mol. The number of esters is 1. The Labute approximate surface area is 139 Å². The van der Waals surface area contributed by atoms with Crippen molar-refractivity contribution < 1.29 is 9.53 Å². The van der Waals surface area contributed by atoms with Crippen LogP contribution < -0.4 is 0 Å². The monoisotopic (exact) mass is 312 g/mol. The summed E-state index contributed by atoms with van der Waals surface area (Å²) in [5.74, 6) is 0.520. The molecule has 0 bridgehead atoms. The van der Waals surface area contributed by atoms with Crippen molar-refractivity contribution in [2.45, 2.75) is 105 Å². The van der Waals surface area contributed by atoms with E-state index in [9.17, 15) is 4.79 Å². The van der Waals surface area contributed by atoms with E-state index in [1.807, 2.05) is 0 Å². The van der Waals surface area contributed by atoms with Gasteiger partial charge in [0, 0.05) is 0 Å². The molecule has 0 fully saturated rings. The maximum Gasteiger partial charge on any atom is 0.312 e. The average Bonchev–Trinajstić information content (AvgIpc) is 2.53. The number of rotatable bonds is 14. The van der Waals surface area contributed by atoms with Crippen LogP contribution in [0.2, 0.25) is 0 Å². The molecule has 0 radical (unpaired) electrons. The van der Waals surface area contributed by atoms with E-state index in [4.69, 9.17) is 4.74 Å². The van der Waals surface area contributed by atoms with Crippen molar-refractivity contribution in [1.82, 2.24) is 0 Å². The molecular formula is C20H40O2. The first kappa shape index (κ1) is 21.5. The molecule has 0 aliphatic rings. The van der Waals surface area contributed by atoms with Gasteiger partial charge in [0.1, 0.15) is 0 Å². The lowest BCUT2D eigenvalue weighted by molar-refractivity contribution is -0.161. The van der Waals surface area contributed by atoms with Crippen molar-refractivity contribution in [1.29, 1.82) is 0 Å². The van der Waals surface area contributed by atoms with Crippen molar-refractivity contribution in [3.8, 4) is 0 Å². The van der Waals surface area contributed by atoms with Gasteiger partial charge in [-0.05, 0) is 31.6 Å². The SMILES string of the molecule is CCCCOC(=O)C(CCCC)(CCCC)C(C)CCCC. The van der Waals surface area contributed by atoms with Crippen LogP contribution in [0.4, 0.5) is 0 Å². The zero-order valence-electron chi connectivity index (χ0n) is 15.9. The third kappa shape index (κ3) is 7.15. The highest BCUT2D eigenvalue weighted by Crippen LogP contribution is 2.42. The summed E-state index contributed by atoms with van der Waals surface area (Å²) in [6.07, 6.45) is 12.2. The van der Waals surface area contributed by atoms with Crippen LogP contribution in [0, 0.1) is 11.3 Å². The summed E-state index contributed by atoms with van der Waals surface area (Å²) >= 11 is 0. The molecule has 0 saturated heterocycles. The highest BCUT2D eigenvalue weighted by atomic mass is 16.5. The fourth-order valence-electron chi connectivity index (χ4n) is 3.25. The molecule has 0 heterocycles. The van der Waals surface area contributed by atoms with E-state index in [1.165, 1.54) is 12.8 Å². The van der Waals surface area contributed by atoms with Crippen LogP contribution in [0.15, 0.2) is 0 Å². The summed E-state index contributed by atoms with van der Waals surface area (Å²) in [5.41, 5.74) is -0.241. The lowest BCUT2D eigenvalue weighted by Crippen LogP contribution is -2.39. The molecule has 0 aliphatic carbocycles. The van der Waals surface area contributed by atoms with E-state index >= 15 is 0 Å². The maximum absolute atomic E-state index is 12.9. The zero-order valence-corrected chi connectivity index (χ0v) is 15.9. The Hall–Kier alpha value is -0.530. The van der Waals surface area contributed by atoms with Crippen molar-refractivity contribution in [2.75, 3.05) is 6.61 Å². The largest absolute Gasteiger partial charge is 0.465 e. The molecular weight excluding hydrogens is 272 g/mol.